The standard InChI is InChI=1S/C17H32N2S/c1-13(2)10-18-11-17(14(3)4)19(15(5)6)12-16-8-7-9-20-16/h7-9,13-15,17-18H,10-12H2,1-6H3. The minimum atomic E-state index is 0.574. The summed E-state index contributed by atoms with van der Waals surface area (Å²) in [6.07, 6.45) is 0. The molecule has 0 saturated carbocycles. The summed E-state index contributed by atoms with van der Waals surface area (Å²) in [7, 11) is 0. The zero-order chi connectivity index (χ0) is 15.1. The topological polar surface area (TPSA) is 15.3 Å². The van der Waals surface area contributed by atoms with E-state index in [2.05, 4.69) is 69.3 Å². The van der Waals surface area contributed by atoms with Crippen molar-refractivity contribution in [2.45, 2.75) is 60.2 Å². The first-order valence-electron chi connectivity index (χ1n) is 7.90. The van der Waals surface area contributed by atoms with Crippen molar-refractivity contribution in [1.29, 1.82) is 0 Å². The van der Waals surface area contributed by atoms with Crippen LogP contribution in [-0.2, 0) is 6.54 Å². The highest BCUT2D eigenvalue weighted by molar-refractivity contribution is 7.09. The minimum Gasteiger partial charge on any atom is -0.315 e. The molecule has 0 bridgehead atoms. The highest BCUT2D eigenvalue weighted by Crippen LogP contribution is 2.20. The Labute approximate surface area is 129 Å². The Hall–Kier alpha value is -0.380. The summed E-state index contributed by atoms with van der Waals surface area (Å²) in [6, 6.07) is 5.57. The molecule has 0 spiro atoms. The molecule has 3 heteroatoms. The van der Waals surface area contributed by atoms with Crippen molar-refractivity contribution in [3.8, 4) is 0 Å². The molecular formula is C17H32N2S. The Morgan fingerprint density at radius 1 is 1.10 bits per heavy atom. The predicted octanol–water partition coefficient (Wildman–Crippen LogP) is 4.23. The first kappa shape index (κ1) is 17.7. The van der Waals surface area contributed by atoms with Crippen LogP contribution in [0, 0.1) is 11.8 Å². The van der Waals surface area contributed by atoms with E-state index in [1.807, 2.05) is 11.3 Å². The average molecular weight is 297 g/mol. The van der Waals surface area contributed by atoms with E-state index in [0.29, 0.717) is 23.9 Å². The van der Waals surface area contributed by atoms with Crippen molar-refractivity contribution in [3.05, 3.63) is 22.4 Å². The van der Waals surface area contributed by atoms with Gasteiger partial charge in [-0.05, 0) is 43.7 Å². The van der Waals surface area contributed by atoms with E-state index in [-0.39, 0.29) is 0 Å². The molecular weight excluding hydrogens is 264 g/mol. The summed E-state index contributed by atoms with van der Waals surface area (Å²) >= 11 is 1.86. The highest BCUT2D eigenvalue weighted by Gasteiger charge is 2.24. The molecule has 0 radical (unpaired) electrons. The third-order valence-electron chi connectivity index (χ3n) is 3.68. The fourth-order valence-corrected chi connectivity index (χ4v) is 3.23. The van der Waals surface area contributed by atoms with Crippen molar-refractivity contribution >= 4 is 11.3 Å². The zero-order valence-electron chi connectivity index (χ0n) is 14.0. The summed E-state index contributed by atoms with van der Waals surface area (Å²) in [6.45, 7) is 17.1. The van der Waals surface area contributed by atoms with E-state index in [0.717, 1.165) is 19.6 Å². The fourth-order valence-electron chi connectivity index (χ4n) is 2.52. The van der Waals surface area contributed by atoms with Gasteiger partial charge < -0.3 is 5.32 Å². The second-order valence-electron chi connectivity index (χ2n) is 6.71. The van der Waals surface area contributed by atoms with Crippen molar-refractivity contribution in [3.63, 3.8) is 0 Å². The molecule has 0 amide bonds. The van der Waals surface area contributed by atoms with Gasteiger partial charge in [0.25, 0.3) is 0 Å². The van der Waals surface area contributed by atoms with Crippen molar-refractivity contribution in [2.24, 2.45) is 11.8 Å². The number of hydrogen-bond donors (Lipinski definition) is 1. The first-order valence-corrected chi connectivity index (χ1v) is 8.78. The van der Waals surface area contributed by atoms with Crippen LogP contribution >= 0.6 is 11.3 Å². The number of rotatable bonds is 9. The lowest BCUT2D eigenvalue weighted by Gasteiger charge is -2.37. The van der Waals surface area contributed by atoms with Crippen molar-refractivity contribution in [2.75, 3.05) is 13.1 Å². The lowest BCUT2D eigenvalue weighted by atomic mass is 10.0. The van der Waals surface area contributed by atoms with E-state index in [9.17, 15) is 0 Å². The van der Waals surface area contributed by atoms with Crippen LogP contribution in [-0.4, -0.2) is 30.1 Å². The monoisotopic (exact) mass is 296 g/mol. The predicted molar refractivity (Wildman–Crippen MR) is 91.3 cm³/mol. The molecule has 0 aliphatic heterocycles. The van der Waals surface area contributed by atoms with Gasteiger partial charge in [-0.2, -0.15) is 0 Å². The molecule has 2 nitrogen and oxygen atoms in total. The molecule has 0 aliphatic carbocycles. The van der Waals surface area contributed by atoms with Gasteiger partial charge in [-0.25, -0.2) is 0 Å². The maximum atomic E-state index is 3.64. The van der Waals surface area contributed by atoms with E-state index in [4.69, 9.17) is 0 Å². The van der Waals surface area contributed by atoms with Gasteiger partial charge in [-0.15, -0.1) is 11.3 Å². The maximum Gasteiger partial charge on any atom is 0.0334 e. The van der Waals surface area contributed by atoms with Gasteiger partial charge in [-0.3, -0.25) is 4.90 Å². The van der Waals surface area contributed by atoms with Gasteiger partial charge in [-0.1, -0.05) is 33.8 Å². The van der Waals surface area contributed by atoms with E-state index in [1.54, 1.807) is 0 Å². The Morgan fingerprint density at radius 2 is 1.80 bits per heavy atom. The number of nitrogens with zero attached hydrogens (tertiary/aromatic N) is 1. The zero-order valence-corrected chi connectivity index (χ0v) is 14.8. The minimum absolute atomic E-state index is 0.574. The molecule has 1 aromatic heterocycles. The largest absolute Gasteiger partial charge is 0.315 e. The van der Waals surface area contributed by atoms with Gasteiger partial charge in [0.1, 0.15) is 0 Å². The van der Waals surface area contributed by atoms with Gasteiger partial charge in [0.15, 0.2) is 0 Å². The third-order valence-corrected chi connectivity index (χ3v) is 4.54. The quantitative estimate of drug-likeness (QED) is 0.733. The van der Waals surface area contributed by atoms with E-state index < -0.39 is 0 Å². The average Bonchev–Trinajstić information content (AvgIpc) is 2.84. The molecule has 1 N–H and O–H groups in total. The second-order valence-corrected chi connectivity index (χ2v) is 7.74. The molecule has 1 atom stereocenters. The van der Waals surface area contributed by atoms with Gasteiger partial charge in [0.2, 0.25) is 0 Å². The van der Waals surface area contributed by atoms with Gasteiger partial charge >= 0.3 is 0 Å². The maximum absolute atomic E-state index is 3.64. The van der Waals surface area contributed by atoms with Gasteiger partial charge in [0.05, 0.1) is 0 Å². The van der Waals surface area contributed by atoms with Crippen molar-refractivity contribution in [1.82, 2.24) is 10.2 Å². The molecule has 0 aliphatic rings. The Morgan fingerprint density at radius 3 is 2.25 bits per heavy atom. The molecule has 1 unspecified atom stereocenters. The fraction of sp³-hybridized carbons (Fsp3) is 0.765. The molecule has 0 saturated heterocycles. The Balaban J connectivity index is 2.67. The number of hydrogen-bond acceptors (Lipinski definition) is 3. The SMILES string of the molecule is CC(C)CNCC(C(C)C)N(Cc1cccs1)C(C)C. The molecule has 0 fully saturated rings. The molecule has 116 valence electrons. The molecule has 20 heavy (non-hydrogen) atoms. The molecule has 0 aromatic carbocycles. The Kier molecular flexibility index (Phi) is 7.78. The van der Waals surface area contributed by atoms with Crippen LogP contribution in [0.15, 0.2) is 17.5 Å². The summed E-state index contributed by atoms with van der Waals surface area (Å²) in [5.41, 5.74) is 0. The first-order chi connectivity index (χ1) is 9.41. The van der Waals surface area contributed by atoms with Crippen LogP contribution < -0.4 is 5.32 Å². The van der Waals surface area contributed by atoms with Crippen LogP contribution in [0.3, 0.4) is 0 Å². The molecule has 1 aromatic rings. The number of thiophene rings is 1. The van der Waals surface area contributed by atoms with E-state index in [1.165, 1.54) is 4.88 Å². The third kappa shape index (κ3) is 5.94. The summed E-state index contributed by atoms with van der Waals surface area (Å²) in [5, 5.41) is 5.82. The summed E-state index contributed by atoms with van der Waals surface area (Å²) in [5.74, 6) is 1.38. The van der Waals surface area contributed by atoms with Gasteiger partial charge in [0, 0.05) is 30.1 Å². The Bertz CT molecular complexity index is 344. The lowest BCUT2D eigenvalue weighted by Crippen LogP contribution is -2.48. The van der Waals surface area contributed by atoms with Crippen LogP contribution in [0.25, 0.3) is 0 Å². The normalized spacial score (nSPS) is 13.9. The summed E-state index contributed by atoms with van der Waals surface area (Å²) < 4.78 is 0. The lowest BCUT2D eigenvalue weighted by molar-refractivity contribution is 0.108. The second kappa shape index (κ2) is 8.81. The van der Waals surface area contributed by atoms with Crippen LogP contribution in [0.1, 0.15) is 46.4 Å². The summed E-state index contributed by atoms with van der Waals surface area (Å²) in [4.78, 5) is 4.11. The van der Waals surface area contributed by atoms with Crippen LogP contribution in [0.5, 0.6) is 0 Å². The van der Waals surface area contributed by atoms with E-state index >= 15 is 0 Å². The van der Waals surface area contributed by atoms with Crippen LogP contribution in [0.4, 0.5) is 0 Å². The highest BCUT2D eigenvalue weighted by atomic mass is 32.1. The number of nitrogens with one attached hydrogen (secondary N) is 1. The van der Waals surface area contributed by atoms with Crippen LogP contribution in [0.2, 0.25) is 0 Å². The molecule has 1 rings (SSSR count). The molecule has 1 heterocycles. The van der Waals surface area contributed by atoms with Crippen molar-refractivity contribution < 1.29 is 0 Å². The smallest absolute Gasteiger partial charge is 0.0334 e.